The van der Waals surface area contributed by atoms with Gasteiger partial charge < -0.3 is 5.11 Å². The van der Waals surface area contributed by atoms with Crippen LogP contribution in [0.15, 0.2) is 17.2 Å². The van der Waals surface area contributed by atoms with Crippen molar-refractivity contribution < 1.29 is 18.3 Å². The quantitative estimate of drug-likeness (QED) is 0.869. The van der Waals surface area contributed by atoms with Crippen LogP contribution in [0.3, 0.4) is 0 Å². The third kappa shape index (κ3) is 2.81. The molecule has 2 heterocycles. The molecule has 120 valence electrons. The number of aryl methyl sites for hydroxylation is 2. The van der Waals surface area contributed by atoms with Crippen molar-refractivity contribution in [1.82, 2.24) is 19.1 Å². The lowest BCUT2D eigenvalue weighted by molar-refractivity contribution is -0.137. The Morgan fingerprint density at radius 2 is 2.09 bits per heavy atom. The van der Waals surface area contributed by atoms with Crippen LogP contribution in [0.25, 0.3) is 11.0 Å². The highest BCUT2D eigenvalue weighted by molar-refractivity contribution is 7.89. The predicted octanol–water partition coefficient (Wildman–Crippen LogP) is 0.760. The number of aromatic nitrogens is 3. The molecule has 0 spiro atoms. The van der Waals surface area contributed by atoms with E-state index in [0.29, 0.717) is 16.7 Å². The highest BCUT2D eigenvalue weighted by atomic mass is 32.2. The first-order valence-corrected chi connectivity index (χ1v) is 8.11. The number of rotatable bonds is 5. The average Bonchev–Trinajstić information content (AvgIpc) is 2.70. The van der Waals surface area contributed by atoms with Gasteiger partial charge in [0.25, 0.3) is 0 Å². The molecule has 2 aromatic rings. The van der Waals surface area contributed by atoms with Gasteiger partial charge in [0.15, 0.2) is 5.65 Å². The van der Waals surface area contributed by atoms with Gasteiger partial charge in [-0.25, -0.2) is 13.4 Å². The zero-order chi connectivity index (χ0) is 16.7. The summed E-state index contributed by atoms with van der Waals surface area (Å²) in [5.41, 5.74) is 1.24. The fourth-order valence-corrected chi connectivity index (χ4v) is 3.80. The fraction of sp³-hybridized carbons (Fsp3) is 0.462. The van der Waals surface area contributed by atoms with E-state index in [1.807, 2.05) is 0 Å². The second-order valence-electron chi connectivity index (χ2n) is 5.29. The lowest BCUT2D eigenvalue weighted by Crippen LogP contribution is -2.40. The third-order valence-corrected chi connectivity index (χ3v) is 5.30. The van der Waals surface area contributed by atoms with Gasteiger partial charge in [-0.2, -0.15) is 9.40 Å². The molecule has 0 unspecified atom stereocenters. The molecule has 2 aromatic heterocycles. The van der Waals surface area contributed by atoms with E-state index in [0.717, 1.165) is 4.31 Å². The summed E-state index contributed by atoms with van der Waals surface area (Å²) in [6, 6.07) is 1.00. The number of nitrogens with zero attached hydrogens (tertiary/aromatic N) is 4. The first-order chi connectivity index (χ1) is 10.1. The third-order valence-electron chi connectivity index (χ3n) is 3.31. The Hall–Kier alpha value is -2.00. The van der Waals surface area contributed by atoms with Crippen molar-refractivity contribution in [3.05, 3.63) is 18.0 Å². The van der Waals surface area contributed by atoms with E-state index in [2.05, 4.69) is 10.1 Å². The molecule has 0 fully saturated rings. The van der Waals surface area contributed by atoms with Gasteiger partial charge in [-0.3, -0.25) is 9.48 Å². The molecule has 2 rings (SSSR count). The minimum Gasteiger partial charge on any atom is -0.480 e. The maximum absolute atomic E-state index is 12.7. The largest absolute Gasteiger partial charge is 0.480 e. The highest BCUT2D eigenvalue weighted by Gasteiger charge is 2.29. The summed E-state index contributed by atoms with van der Waals surface area (Å²) in [6.45, 7) is 4.42. The van der Waals surface area contributed by atoms with Crippen LogP contribution >= 0.6 is 0 Å². The summed E-state index contributed by atoms with van der Waals surface area (Å²) < 4.78 is 27.8. The lowest BCUT2D eigenvalue weighted by atomic mass is 10.3. The molecular formula is C13H18N4O4S. The van der Waals surface area contributed by atoms with Crippen LogP contribution in [0.2, 0.25) is 0 Å². The Morgan fingerprint density at radius 3 is 2.64 bits per heavy atom. The number of carboxylic acid groups (broad SMARTS) is 1. The topological polar surface area (TPSA) is 105 Å². The summed E-state index contributed by atoms with van der Waals surface area (Å²) in [6.07, 6.45) is 1.23. The first-order valence-electron chi connectivity index (χ1n) is 6.67. The van der Waals surface area contributed by atoms with Gasteiger partial charge >= 0.3 is 5.97 Å². The second kappa shape index (κ2) is 5.65. The van der Waals surface area contributed by atoms with E-state index in [1.165, 1.54) is 12.3 Å². The summed E-state index contributed by atoms with van der Waals surface area (Å²) >= 11 is 0. The molecule has 0 saturated heterocycles. The normalized spacial score (nSPS) is 12.5. The highest BCUT2D eigenvalue weighted by Crippen LogP contribution is 2.23. The molecule has 0 aliphatic rings. The van der Waals surface area contributed by atoms with Gasteiger partial charge in [0.1, 0.15) is 11.4 Å². The van der Waals surface area contributed by atoms with Crippen molar-refractivity contribution in [2.45, 2.75) is 31.7 Å². The zero-order valence-corrected chi connectivity index (χ0v) is 13.6. The molecule has 0 atom stereocenters. The van der Waals surface area contributed by atoms with Gasteiger partial charge in [-0.05, 0) is 26.8 Å². The SMILES string of the molecule is Cc1nn(C)c2ncc(S(=O)(=O)N(CC(=O)O)C(C)C)cc12. The number of hydrogen-bond acceptors (Lipinski definition) is 5. The maximum Gasteiger partial charge on any atom is 0.318 e. The van der Waals surface area contributed by atoms with E-state index in [4.69, 9.17) is 5.11 Å². The lowest BCUT2D eigenvalue weighted by Gasteiger charge is -2.23. The van der Waals surface area contributed by atoms with Crippen LogP contribution in [0.1, 0.15) is 19.5 Å². The van der Waals surface area contributed by atoms with Gasteiger partial charge in [-0.15, -0.1) is 0 Å². The van der Waals surface area contributed by atoms with E-state index < -0.39 is 28.6 Å². The van der Waals surface area contributed by atoms with Crippen molar-refractivity contribution in [2.24, 2.45) is 7.05 Å². The average molecular weight is 326 g/mol. The maximum atomic E-state index is 12.7. The van der Waals surface area contributed by atoms with Crippen LogP contribution in [0.5, 0.6) is 0 Å². The summed E-state index contributed by atoms with van der Waals surface area (Å²) in [5, 5.41) is 13.7. The van der Waals surface area contributed by atoms with Crippen LogP contribution in [0.4, 0.5) is 0 Å². The molecule has 22 heavy (non-hydrogen) atoms. The monoisotopic (exact) mass is 326 g/mol. The molecule has 0 bridgehead atoms. The first kappa shape index (κ1) is 16.4. The molecule has 0 aromatic carbocycles. The van der Waals surface area contributed by atoms with Crippen LogP contribution in [-0.2, 0) is 21.9 Å². The van der Waals surface area contributed by atoms with E-state index in [-0.39, 0.29) is 4.90 Å². The Balaban J connectivity index is 2.57. The van der Waals surface area contributed by atoms with Gasteiger partial charge in [0.05, 0.1) is 5.69 Å². The molecule has 0 aliphatic heterocycles. The van der Waals surface area contributed by atoms with Crippen LogP contribution in [0, 0.1) is 6.92 Å². The van der Waals surface area contributed by atoms with Crippen molar-refractivity contribution >= 4 is 27.0 Å². The Labute approximate surface area is 128 Å². The van der Waals surface area contributed by atoms with Crippen molar-refractivity contribution in [3.8, 4) is 0 Å². The number of carboxylic acids is 1. The fourth-order valence-electron chi connectivity index (χ4n) is 2.24. The molecule has 0 amide bonds. The molecular weight excluding hydrogens is 308 g/mol. The zero-order valence-electron chi connectivity index (χ0n) is 12.8. The van der Waals surface area contributed by atoms with Crippen LogP contribution in [-0.4, -0.2) is 51.1 Å². The number of hydrogen-bond donors (Lipinski definition) is 1. The number of aliphatic carboxylic acids is 1. The number of sulfonamides is 1. The number of fused-ring (bicyclic) bond motifs is 1. The second-order valence-corrected chi connectivity index (χ2v) is 7.18. The minimum atomic E-state index is -3.94. The number of pyridine rings is 1. The van der Waals surface area contributed by atoms with Crippen molar-refractivity contribution in [3.63, 3.8) is 0 Å². The van der Waals surface area contributed by atoms with E-state index in [9.17, 15) is 13.2 Å². The van der Waals surface area contributed by atoms with Gasteiger partial charge in [0, 0.05) is 24.7 Å². The summed E-state index contributed by atoms with van der Waals surface area (Å²) in [7, 11) is -2.22. The Morgan fingerprint density at radius 1 is 1.45 bits per heavy atom. The van der Waals surface area contributed by atoms with Gasteiger partial charge in [0.2, 0.25) is 10.0 Å². The van der Waals surface area contributed by atoms with E-state index in [1.54, 1.807) is 32.5 Å². The van der Waals surface area contributed by atoms with Crippen LogP contribution < -0.4 is 0 Å². The smallest absolute Gasteiger partial charge is 0.318 e. The molecule has 0 saturated carbocycles. The standard InChI is InChI=1S/C13H18N4O4S/c1-8(2)17(7-12(18)19)22(20,21)10-5-11-9(3)15-16(4)13(11)14-6-10/h5-6,8H,7H2,1-4H3,(H,18,19). The molecule has 9 heteroatoms. The Kier molecular flexibility index (Phi) is 4.21. The molecule has 0 aliphatic carbocycles. The molecule has 1 N–H and O–H groups in total. The van der Waals surface area contributed by atoms with Crippen molar-refractivity contribution in [1.29, 1.82) is 0 Å². The van der Waals surface area contributed by atoms with Crippen molar-refractivity contribution in [2.75, 3.05) is 6.54 Å². The summed E-state index contributed by atoms with van der Waals surface area (Å²) in [4.78, 5) is 15.0. The predicted molar refractivity (Wildman–Crippen MR) is 79.9 cm³/mol. The molecule has 8 nitrogen and oxygen atoms in total. The van der Waals surface area contributed by atoms with E-state index >= 15 is 0 Å². The summed E-state index contributed by atoms with van der Waals surface area (Å²) in [5.74, 6) is -1.20. The number of carbonyl (C=O) groups is 1. The minimum absolute atomic E-state index is 0.0361. The molecule has 0 radical (unpaired) electrons. The van der Waals surface area contributed by atoms with Gasteiger partial charge in [-0.1, -0.05) is 0 Å². The Bertz CT molecular complexity index is 826.